The SMILES string of the molecule is Cc1cc(C)nc(C(=O)C#N)c1. The van der Waals surface area contributed by atoms with Gasteiger partial charge in [-0.2, -0.15) is 5.26 Å². The average molecular weight is 160 g/mol. The Kier molecular flexibility index (Phi) is 2.20. The van der Waals surface area contributed by atoms with Crippen molar-refractivity contribution in [2.75, 3.05) is 0 Å². The van der Waals surface area contributed by atoms with Gasteiger partial charge in [-0.3, -0.25) is 4.79 Å². The molecule has 0 N–H and O–H groups in total. The number of nitriles is 1. The topological polar surface area (TPSA) is 53.8 Å². The molecule has 0 atom stereocenters. The van der Waals surface area contributed by atoms with E-state index in [9.17, 15) is 4.79 Å². The summed E-state index contributed by atoms with van der Waals surface area (Å²) in [6, 6.07) is 5.00. The van der Waals surface area contributed by atoms with Crippen LogP contribution >= 0.6 is 0 Å². The largest absolute Gasteiger partial charge is 0.280 e. The predicted octanol–water partition coefficient (Wildman–Crippen LogP) is 1.40. The molecular weight excluding hydrogens is 152 g/mol. The summed E-state index contributed by atoms with van der Waals surface area (Å²) in [5, 5.41) is 8.33. The molecule has 0 aliphatic rings. The monoisotopic (exact) mass is 160 g/mol. The zero-order valence-corrected chi connectivity index (χ0v) is 6.96. The van der Waals surface area contributed by atoms with Crippen molar-refractivity contribution in [2.45, 2.75) is 13.8 Å². The molecule has 0 aliphatic heterocycles. The van der Waals surface area contributed by atoms with Crippen LogP contribution in [-0.4, -0.2) is 10.8 Å². The third-order valence-electron chi connectivity index (χ3n) is 1.43. The third kappa shape index (κ3) is 1.67. The van der Waals surface area contributed by atoms with Crippen LogP contribution in [0.1, 0.15) is 21.7 Å². The van der Waals surface area contributed by atoms with Crippen molar-refractivity contribution >= 4 is 5.78 Å². The van der Waals surface area contributed by atoms with E-state index in [0.29, 0.717) is 0 Å². The molecule has 0 saturated heterocycles. The first-order valence-electron chi connectivity index (χ1n) is 3.53. The molecule has 1 rings (SSSR count). The number of pyridine rings is 1. The molecule has 0 unspecified atom stereocenters. The number of ketones is 1. The highest BCUT2D eigenvalue weighted by molar-refractivity contribution is 6.06. The van der Waals surface area contributed by atoms with E-state index in [-0.39, 0.29) is 5.69 Å². The van der Waals surface area contributed by atoms with Gasteiger partial charge < -0.3 is 0 Å². The second-order valence-corrected chi connectivity index (χ2v) is 2.61. The van der Waals surface area contributed by atoms with Gasteiger partial charge in [0.05, 0.1) is 0 Å². The van der Waals surface area contributed by atoms with Crippen LogP contribution in [0.25, 0.3) is 0 Å². The van der Waals surface area contributed by atoms with Crippen molar-refractivity contribution in [3.8, 4) is 6.07 Å². The third-order valence-corrected chi connectivity index (χ3v) is 1.43. The normalized spacial score (nSPS) is 9.08. The summed E-state index contributed by atoms with van der Waals surface area (Å²) < 4.78 is 0. The summed E-state index contributed by atoms with van der Waals surface area (Å²) in [5.74, 6) is -0.582. The fourth-order valence-corrected chi connectivity index (χ4v) is 1.01. The van der Waals surface area contributed by atoms with E-state index in [2.05, 4.69) is 4.98 Å². The lowest BCUT2D eigenvalue weighted by molar-refractivity contribution is 0.104. The predicted molar refractivity (Wildman–Crippen MR) is 43.7 cm³/mol. The Labute approximate surface area is 70.7 Å². The van der Waals surface area contributed by atoms with Gasteiger partial charge in [0.1, 0.15) is 11.8 Å². The number of nitrogens with zero attached hydrogens (tertiary/aromatic N) is 2. The van der Waals surface area contributed by atoms with Gasteiger partial charge in [0.15, 0.2) is 0 Å². The minimum absolute atomic E-state index is 0.231. The van der Waals surface area contributed by atoms with E-state index < -0.39 is 5.78 Å². The minimum atomic E-state index is -0.582. The summed E-state index contributed by atoms with van der Waals surface area (Å²) in [4.78, 5) is 14.8. The van der Waals surface area contributed by atoms with Crippen LogP contribution in [0.2, 0.25) is 0 Å². The van der Waals surface area contributed by atoms with Crippen LogP contribution < -0.4 is 0 Å². The van der Waals surface area contributed by atoms with Crippen molar-refractivity contribution < 1.29 is 4.79 Å². The molecule has 3 nitrogen and oxygen atoms in total. The Morgan fingerprint density at radius 3 is 2.67 bits per heavy atom. The zero-order valence-electron chi connectivity index (χ0n) is 6.96. The van der Waals surface area contributed by atoms with E-state index >= 15 is 0 Å². The Morgan fingerprint density at radius 1 is 1.50 bits per heavy atom. The maximum atomic E-state index is 10.9. The standard InChI is InChI=1S/C9H8N2O/c1-6-3-7(2)11-8(4-6)9(12)5-10/h3-4H,1-2H3. The smallest absolute Gasteiger partial charge is 0.275 e. The van der Waals surface area contributed by atoms with E-state index in [1.807, 2.05) is 13.0 Å². The first kappa shape index (κ1) is 8.41. The van der Waals surface area contributed by atoms with Crippen molar-refractivity contribution in [2.24, 2.45) is 0 Å². The molecular formula is C9H8N2O. The lowest BCUT2D eigenvalue weighted by atomic mass is 10.2. The molecule has 0 aromatic carbocycles. The molecule has 0 aliphatic carbocycles. The summed E-state index contributed by atoms with van der Waals surface area (Å²) in [7, 11) is 0. The Bertz CT molecular complexity index is 343. The average Bonchev–Trinajstić information content (AvgIpc) is 2.01. The fraction of sp³-hybridized carbons (Fsp3) is 0.222. The molecule has 60 valence electrons. The molecule has 12 heavy (non-hydrogen) atoms. The summed E-state index contributed by atoms with van der Waals surface area (Å²) >= 11 is 0. The molecule has 0 radical (unpaired) electrons. The van der Waals surface area contributed by atoms with E-state index in [0.717, 1.165) is 11.3 Å². The van der Waals surface area contributed by atoms with Gasteiger partial charge in [0, 0.05) is 5.69 Å². The van der Waals surface area contributed by atoms with E-state index in [4.69, 9.17) is 5.26 Å². The van der Waals surface area contributed by atoms with E-state index in [1.165, 1.54) is 6.07 Å². The van der Waals surface area contributed by atoms with Crippen LogP contribution in [0.4, 0.5) is 0 Å². The van der Waals surface area contributed by atoms with Crippen LogP contribution in [0.15, 0.2) is 12.1 Å². The Hall–Kier alpha value is -1.69. The number of rotatable bonds is 1. The maximum Gasteiger partial charge on any atom is 0.280 e. The van der Waals surface area contributed by atoms with Crippen molar-refractivity contribution in [3.05, 3.63) is 29.1 Å². The van der Waals surface area contributed by atoms with Crippen molar-refractivity contribution in [3.63, 3.8) is 0 Å². The van der Waals surface area contributed by atoms with Crippen LogP contribution in [0.5, 0.6) is 0 Å². The molecule has 3 heteroatoms. The molecule has 0 saturated carbocycles. The molecule has 0 amide bonds. The highest BCUT2D eigenvalue weighted by Crippen LogP contribution is 2.04. The molecule has 1 aromatic rings. The van der Waals surface area contributed by atoms with Crippen molar-refractivity contribution in [1.29, 1.82) is 5.26 Å². The number of carbonyl (C=O) groups excluding carboxylic acids is 1. The number of aromatic nitrogens is 1. The number of hydrogen-bond donors (Lipinski definition) is 0. The minimum Gasteiger partial charge on any atom is -0.275 e. The van der Waals surface area contributed by atoms with Gasteiger partial charge in [0.2, 0.25) is 0 Å². The lowest BCUT2D eigenvalue weighted by Gasteiger charge is -1.97. The van der Waals surface area contributed by atoms with Crippen molar-refractivity contribution in [1.82, 2.24) is 4.98 Å². The summed E-state index contributed by atoms with van der Waals surface area (Å²) in [5.41, 5.74) is 1.93. The van der Waals surface area contributed by atoms with Gasteiger partial charge in [-0.15, -0.1) is 0 Å². The van der Waals surface area contributed by atoms with Crippen LogP contribution in [0.3, 0.4) is 0 Å². The van der Waals surface area contributed by atoms with Gasteiger partial charge in [-0.05, 0) is 31.5 Å². The quantitative estimate of drug-likeness (QED) is 0.461. The summed E-state index contributed by atoms with van der Waals surface area (Å²) in [6.45, 7) is 3.66. The molecule has 0 fully saturated rings. The Morgan fingerprint density at radius 2 is 2.17 bits per heavy atom. The highest BCUT2D eigenvalue weighted by atomic mass is 16.1. The van der Waals surface area contributed by atoms with Gasteiger partial charge in [-0.25, -0.2) is 4.98 Å². The second kappa shape index (κ2) is 3.14. The zero-order chi connectivity index (χ0) is 9.14. The molecule has 1 aromatic heterocycles. The van der Waals surface area contributed by atoms with Gasteiger partial charge in [-0.1, -0.05) is 0 Å². The second-order valence-electron chi connectivity index (χ2n) is 2.61. The van der Waals surface area contributed by atoms with Crippen LogP contribution in [0, 0.1) is 25.2 Å². The first-order valence-corrected chi connectivity index (χ1v) is 3.53. The Balaban J connectivity index is 3.19. The first-order chi connectivity index (χ1) is 5.63. The fourth-order valence-electron chi connectivity index (χ4n) is 1.01. The number of hydrogen-bond acceptors (Lipinski definition) is 3. The number of Topliss-reactive ketones (excluding diaryl/α,β-unsaturated/α-hetero) is 1. The number of aryl methyl sites for hydroxylation is 2. The number of carbonyl (C=O) groups is 1. The molecule has 0 spiro atoms. The van der Waals surface area contributed by atoms with E-state index in [1.54, 1.807) is 13.0 Å². The van der Waals surface area contributed by atoms with Gasteiger partial charge >= 0.3 is 0 Å². The summed E-state index contributed by atoms with van der Waals surface area (Å²) in [6.07, 6.45) is 0. The van der Waals surface area contributed by atoms with Crippen LogP contribution in [-0.2, 0) is 0 Å². The van der Waals surface area contributed by atoms with Gasteiger partial charge in [0.25, 0.3) is 5.78 Å². The maximum absolute atomic E-state index is 10.9. The molecule has 1 heterocycles. The highest BCUT2D eigenvalue weighted by Gasteiger charge is 2.05. The lowest BCUT2D eigenvalue weighted by Crippen LogP contribution is -2.00. The molecule has 0 bridgehead atoms.